The first-order valence-corrected chi connectivity index (χ1v) is 8.86. The first-order valence-electron chi connectivity index (χ1n) is 7.02. The monoisotopic (exact) mass is 311 g/mol. The van der Waals surface area contributed by atoms with Gasteiger partial charge >= 0.3 is 6.03 Å². The van der Waals surface area contributed by atoms with Crippen LogP contribution >= 0.6 is 0 Å². The SMILES string of the molecule is CCCNC(=O)Nc1ccc2c(c1)CN(S(C)(=O)=O)CC2. The summed E-state index contributed by atoms with van der Waals surface area (Å²) in [6.07, 6.45) is 2.80. The Morgan fingerprint density at radius 3 is 2.76 bits per heavy atom. The van der Waals surface area contributed by atoms with E-state index in [-0.39, 0.29) is 6.03 Å². The molecule has 0 saturated carbocycles. The molecule has 0 bridgehead atoms. The van der Waals surface area contributed by atoms with E-state index in [0.717, 1.165) is 17.5 Å². The minimum atomic E-state index is -3.18. The van der Waals surface area contributed by atoms with Crippen molar-refractivity contribution in [2.75, 3.05) is 24.7 Å². The summed E-state index contributed by atoms with van der Waals surface area (Å²) in [5.41, 5.74) is 2.76. The molecule has 116 valence electrons. The molecule has 2 amide bonds. The van der Waals surface area contributed by atoms with E-state index < -0.39 is 10.0 Å². The molecular formula is C14H21N3O3S. The smallest absolute Gasteiger partial charge is 0.319 e. The fraction of sp³-hybridized carbons (Fsp3) is 0.500. The van der Waals surface area contributed by atoms with Gasteiger partial charge in [0, 0.05) is 25.3 Å². The number of carbonyl (C=O) groups excluding carboxylic acids is 1. The van der Waals surface area contributed by atoms with Crippen LogP contribution in [0.1, 0.15) is 24.5 Å². The summed E-state index contributed by atoms with van der Waals surface area (Å²) < 4.78 is 24.7. The van der Waals surface area contributed by atoms with Crippen molar-refractivity contribution in [2.45, 2.75) is 26.3 Å². The van der Waals surface area contributed by atoms with Gasteiger partial charge in [-0.3, -0.25) is 0 Å². The number of sulfonamides is 1. The number of hydrogen-bond acceptors (Lipinski definition) is 3. The van der Waals surface area contributed by atoms with Crippen LogP contribution in [0.4, 0.5) is 10.5 Å². The predicted octanol–water partition coefficient (Wildman–Crippen LogP) is 1.54. The molecule has 1 aromatic carbocycles. The molecule has 1 heterocycles. The van der Waals surface area contributed by atoms with E-state index in [4.69, 9.17) is 0 Å². The lowest BCUT2D eigenvalue weighted by atomic mass is 10.0. The van der Waals surface area contributed by atoms with Crippen LogP contribution in [-0.2, 0) is 23.0 Å². The minimum absolute atomic E-state index is 0.243. The van der Waals surface area contributed by atoms with Crippen LogP contribution in [0.2, 0.25) is 0 Å². The third-order valence-electron chi connectivity index (χ3n) is 3.45. The zero-order chi connectivity index (χ0) is 15.5. The molecule has 2 rings (SSSR count). The Morgan fingerprint density at radius 2 is 2.10 bits per heavy atom. The number of nitrogens with one attached hydrogen (secondary N) is 2. The summed E-state index contributed by atoms with van der Waals surface area (Å²) in [6.45, 7) is 3.48. The van der Waals surface area contributed by atoms with Crippen LogP contribution in [0.15, 0.2) is 18.2 Å². The number of anilines is 1. The van der Waals surface area contributed by atoms with Crippen molar-refractivity contribution >= 4 is 21.7 Å². The lowest BCUT2D eigenvalue weighted by Crippen LogP contribution is -2.35. The van der Waals surface area contributed by atoms with Crippen molar-refractivity contribution in [2.24, 2.45) is 0 Å². The number of rotatable bonds is 4. The van der Waals surface area contributed by atoms with E-state index in [2.05, 4.69) is 10.6 Å². The molecule has 1 aromatic rings. The Kier molecular flexibility index (Phi) is 4.84. The highest BCUT2D eigenvalue weighted by atomic mass is 32.2. The van der Waals surface area contributed by atoms with E-state index in [1.54, 1.807) is 0 Å². The van der Waals surface area contributed by atoms with Gasteiger partial charge in [0.15, 0.2) is 0 Å². The number of urea groups is 1. The van der Waals surface area contributed by atoms with Gasteiger partial charge < -0.3 is 10.6 Å². The number of fused-ring (bicyclic) bond motifs is 1. The van der Waals surface area contributed by atoms with E-state index in [1.807, 2.05) is 25.1 Å². The van der Waals surface area contributed by atoms with Crippen LogP contribution in [-0.4, -0.2) is 38.1 Å². The highest BCUT2D eigenvalue weighted by molar-refractivity contribution is 7.88. The topological polar surface area (TPSA) is 78.5 Å². The minimum Gasteiger partial charge on any atom is -0.338 e. The first-order chi connectivity index (χ1) is 9.90. The first kappa shape index (κ1) is 15.8. The van der Waals surface area contributed by atoms with Gasteiger partial charge in [0.1, 0.15) is 0 Å². The molecule has 6 nitrogen and oxygen atoms in total. The van der Waals surface area contributed by atoms with Crippen molar-refractivity contribution in [1.29, 1.82) is 0 Å². The van der Waals surface area contributed by atoms with E-state index >= 15 is 0 Å². The van der Waals surface area contributed by atoms with Crippen LogP contribution in [0, 0.1) is 0 Å². The Labute approximate surface area is 125 Å². The van der Waals surface area contributed by atoms with Crippen molar-refractivity contribution in [3.8, 4) is 0 Å². The molecule has 0 radical (unpaired) electrons. The number of carbonyl (C=O) groups is 1. The summed E-state index contributed by atoms with van der Waals surface area (Å²) in [7, 11) is -3.18. The molecule has 0 unspecified atom stereocenters. The number of amides is 2. The highest BCUT2D eigenvalue weighted by Crippen LogP contribution is 2.23. The van der Waals surface area contributed by atoms with Gasteiger partial charge in [-0.2, -0.15) is 4.31 Å². The second-order valence-corrected chi connectivity index (χ2v) is 7.19. The highest BCUT2D eigenvalue weighted by Gasteiger charge is 2.23. The number of benzene rings is 1. The van der Waals surface area contributed by atoms with Gasteiger partial charge in [-0.05, 0) is 36.1 Å². The third kappa shape index (κ3) is 4.18. The van der Waals surface area contributed by atoms with Crippen molar-refractivity contribution in [3.63, 3.8) is 0 Å². The second-order valence-electron chi connectivity index (χ2n) is 5.21. The van der Waals surface area contributed by atoms with Crippen LogP contribution in [0.5, 0.6) is 0 Å². The summed E-state index contributed by atoms with van der Waals surface area (Å²) >= 11 is 0. The van der Waals surface area contributed by atoms with Gasteiger partial charge in [-0.15, -0.1) is 0 Å². The quantitative estimate of drug-likeness (QED) is 0.885. The fourth-order valence-electron chi connectivity index (χ4n) is 2.31. The molecule has 0 fully saturated rings. The third-order valence-corrected chi connectivity index (χ3v) is 4.70. The summed E-state index contributed by atoms with van der Waals surface area (Å²) in [4.78, 5) is 11.6. The van der Waals surface area contributed by atoms with Crippen molar-refractivity contribution < 1.29 is 13.2 Å². The summed E-state index contributed by atoms with van der Waals surface area (Å²) in [6, 6.07) is 5.40. The van der Waals surface area contributed by atoms with Crippen LogP contribution < -0.4 is 10.6 Å². The molecule has 7 heteroatoms. The van der Waals surface area contributed by atoms with Gasteiger partial charge in [0.05, 0.1) is 6.26 Å². The van der Waals surface area contributed by atoms with Gasteiger partial charge in [-0.25, -0.2) is 13.2 Å². The maximum Gasteiger partial charge on any atom is 0.319 e. The van der Waals surface area contributed by atoms with Crippen LogP contribution in [0.3, 0.4) is 0 Å². The summed E-state index contributed by atoms with van der Waals surface area (Å²) in [5, 5.41) is 5.50. The van der Waals surface area contributed by atoms with E-state index in [1.165, 1.54) is 10.6 Å². The maximum atomic E-state index is 11.6. The Hall–Kier alpha value is -1.60. The molecular weight excluding hydrogens is 290 g/mol. The molecule has 1 aliphatic rings. The average molecular weight is 311 g/mol. The molecule has 0 aliphatic carbocycles. The van der Waals surface area contributed by atoms with E-state index in [9.17, 15) is 13.2 Å². The lowest BCUT2D eigenvalue weighted by molar-refractivity contribution is 0.252. The van der Waals surface area contributed by atoms with Gasteiger partial charge in [-0.1, -0.05) is 13.0 Å². The van der Waals surface area contributed by atoms with Gasteiger partial charge in [0.2, 0.25) is 10.0 Å². The zero-order valence-electron chi connectivity index (χ0n) is 12.3. The van der Waals surface area contributed by atoms with E-state index in [0.29, 0.717) is 31.7 Å². The number of nitrogens with zero attached hydrogens (tertiary/aromatic N) is 1. The van der Waals surface area contributed by atoms with Gasteiger partial charge in [0.25, 0.3) is 0 Å². The molecule has 0 saturated heterocycles. The van der Waals surface area contributed by atoms with Crippen molar-refractivity contribution in [1.82, 2.24) is 9.62 Å². The Bertz CT molecular complexity index is 628. The lowest BCUT2D eigenvalue weighted by Gasteiger charge is -2.27. The molecule has 2 N–H and O–H groups in total. The standard InChI is InChI=1S/C14H21N3O3S/c1-3-7-15-14(18)16-13-5-4-11-6-8-17(21(2,19)20)10-12(11)9-13/h4-5,9H,3,6-8,10H2,1-2H3,(H2,15,16,18). The Balaban J connectivity index is 2.10. The molecule has 0 aromatic heterocycles. The average Bonchev–Trinajstić information content (AvgIpc) is 2.43. The maximum absolute atomic E-state index is 11.6. The molecule has 0 spiro atoms. The largest absolute Gasteiger partial charge is 0.338 e. The summed E-state index contributed by atoms with van der Waals surface area (Å²) in [5.74, 6) is 0. The number of hydrogen-bond donors (Lipinski definition) is 2. The predicted molar refractivity (Wildman–Crippen MR) is 82.7 cm³/mol. The molecule has 0 atom stereocenters. The normalized spacial score (nSPS) is 15.3. The van der Waals surface area contributed by atoms with Crippen molar-refractivity contribution in [3.05, 3.63) is 29.3 Å². The Morgan fingerprint density at radius 1 is 1.33 bits per heavy atom. The zero-order valence-corrected chi connectivity index (χ0v) is 13.2. The fourth-order valence-corrected chi connectivity index (χ4v) is 3.10. The second kappa shape index (κ2) is 6.44. The van der Waals surface area contributed by atoms with Crippen LogP contribution in [0.25, 0.3) is 0 Å². The molecule has 1 aliphatic heterocycles. The molecule has 21 heavy (non-hydrogen) atoms.